The predicted octanol–water partition coefficient (Wildman–Crippen LogP) is 3.20. The van der Waals surface area contributed by atoms with E-state index in [1.807, 2.05) is 13.8 Å². The second-order valence-corrected chi connectivity index (χ2v) is 5.83. The lowest BCUT2D eigenvalue weighted by molar-refractivity contribution is -0.129. The summed E-state index contributed by atoms with van der Waals surface area (Å²) >= 11 is 0. The van der Waals surface area contributed by atoms with Crippen molar-refractivity contribution in [3.05, 3.63) is 35.6 Å². The molecule has 1 aliphatic heterocycles. The van der Waals surface area contributed by atoms with Crippen LogP contribution in [0.5, 0.6) is 0 Å². The van der Waals surface area contributed by atoms with Gasteiger partial charge in [-0.05, 0) is 57.5 Å². The van der Waals surface area contributed by atoms with E-state index in [2.05, 4.69) is 4.90 Å². The topological polar surface area (TPSA) is 20.3 Å². The van der Waals surface area contributed by atoms with E-state index < -0.39 is 5.54 Å². The Hall–Kier alpha value is -1.22. The van der Waals surface area contributed by atoms with Gasteiger partial charge >= 0.3 is 0 Å². The largest absolute Gasteiger partial charge is 0.297 e. The number of nitrogens with zero attached hydrogens (tertiary/aromatic N) is 1. The van der Waals surface area contributed by atoms with Gasteiger partial charge in [-0.1, -0.05) is 18.6 Å². The highest BCUT2D eigenvalue weighted by atomic mass is 19.1. The van der Waals surface area contributed by atoms with Crippen LogP contribution >= 0.6 is 0 Å². The van der Waals surface area contributed by atoms with Crippen LogP contribution in [-0.2, 0) is 11.2 Å². The molecule has 2 nitrogen and oxygen atoms in total. The molecule has 1 fully saturated rings. The molecule has 0 amide bonds. The van der Waals surface area contributed by atoms with Gasteiger partial charge in [0.15, 0.2) is 5.78 Å². The highest BCUT2D eigenvalue weighted by Crippen LogP contribution is 2.23. The van der Waals surface area contributed by atoms with Crippen molar-refractivity contribution < 1.29 is 9.18 Å². The van der Waals surface area contributed by atoms with Gasteiger partial charge in [-0.15, -0.1) is 0 Å². The Balaban J connectivity index is 2.03. The lowest BCUT2D eigenvalue weighted by Gasteiger charge is -2.39. The Bertz CT molecular complexity index is 433. The molecule has 0 N–H and O–H groups in total. The lowest BCUT2D eigenvalue weighted by atomic mass is 9.90. The van der Waals surface area contributed by atoms with Crippen molar-refractivity contribution in [2.75, 3.05) is 13.1 Å². The quantitative estimate of drug-likeness (QED) is 0.831. The Kier molecular flexibility index (Phi) is 4.35. The summed E-state index contributed by atoms with van der Waals surface area (Å²) in [5.74, 6) is -0.0486. The number of ketones is 1. The standard InChI is InChI=1S/C16H22FNO/c1-16(2,18-10-4-3-5-11-18)15(19)12-13-6-8-14(17)9-7-13/h6-9H,3-5,10-12H2,1-2H3. The van der Waals surface area contributed by atoms with Gasteiger partial charge in [-0.2, -0.15) is 0 Å². The maximum absolute atomic E-state index is 12.9. The molecule has 0 aliphatic carbocycles. The molecule has 0 radical (unpaired) electrons. The zero-order valence-corrected chi connectivity index (χ0v) is 11.8. The number of carbonyl (C=O) groups excluding carboxylic acids is 1. The number of rotatable bonds is 4. The molecule has 1 aromatic rings. The highest BCUT2D eigenvalue weighted by molar-refractivity contribution is 5.89. The summed E-state index contributed by atoms with van der Waals surface area (Å²) in [5.41, 5.74) is 0.464. The number of hydrogen-bond donors (Lipinski definition) is 0. The summed E-state index contributed by atoms with van der Waals surface area (Å²) in [7, 11) is 0. The van der Waals surface area contributed by atoms with Crippen LogP contribution in [-0.4, -0.2) is 29.3 Å². The number of hydrogen-bond acceptors (Lipinski definition) is 2. The van der Waals surface area contributed by atoms with Crippen LogP contribution in [0.3, 0.4) is 0 Å². The van der Waals surface area contributed by atoms with Crippen molar-refractivity contribution in [2.24, 2.45) is 0 Å². The van der Waals surface area contributed by atoms with Crippen LogP contribution < -0.4 is 0 Å². The second kappa shape index (κ2) is 5.83. The summed E-state index contributed by atoms with van der Waals surface area (Å²) in [5, 5.41) is 0. The Labute approximate surface area is 114 Å². The van der Waals surface area contributed by atoms with Crippen LogP contribution in [0, 0.1) is 5.82 Å². The fourth-order valence-electron chi connectivity index (χ4n) is 2.63. The number of carbonyl (C=O) groups is 1. The fourth-order valence-corrected chi connectivity index (χ4v) is 2.63. The molecule has 1 aliphatic rings. The maximum atomic E-state index is 12.9. The fraction of sp³-hybridized carbons (Fsp3) is 0.562. The summed E-state index contributed by atoms with van der Waals surface area (Å²) in [6.45, 7) is 6.01. The van der Waals surface area contributed by atoms with Crippen molar-refractivity contribution in [3.8, 4) is 0 Å². The molecule has 0 unspecified atom stereocenters. The third-order valence-corrected chi connectivity index (χ3v) is 4.11. The summed E-state index contributed by atoms with van der Waals surface area (Å²) in [6, 6.07) is 6.21. The summed E-state index contributed by atoms with van der Waals surface area (Å²) in [6.07, 6.45) is 3.99. The zero-order chi connectivity index (χ0) is 13.9. The zero-order valence-electron chi connectivity index (χ0n) is 11.8. The molecular formula is C16H22FNO. The minimum atomic E-state index is -0.422. The molecule has 0 atom stereocenters. The first-order chi connectivity index (χ1) is 9.00. The van der Waals surface area contributed by atoms with E-state index in [-0.39, 0.29) is 11.6 Å². The molecule has 1 saturated heterocycles. The molecule has 0 spiro atoms. The van der Waals surface area contributed by atoms with Gasteiger partial charge in [0.2, 0.25) is 0 Å². The van der Waals surface area contributed by atoms with Crippen LogP contribution in [0.2, 0.25) is 0 Å². The molecule has 0 bridgehead atoms. The smallest absolute Gasteiger partial charge is 0.156 e. The number of piperidine rings is 1. The number of likely N-dealkylation sites (tertiary alicyclic amines) is 1. The second-order valence-electron chi connectivity index (χ2n) is 5.83. The first-order valence-corrected chi connectivity index (χ1v) is 7.03. The van der Waals surface area contributed by atoms with E-state index in [9.17, 15) is 9.18 Å². The average molecular weight is 263 g/mol. The van der Waals surface area contributed by atoms with Crippen molar-refractivity contribution in [3.63, 3.8) is 0 Å². The summed E-state index contributed by atoms with van der Waals surface area (Å²) in [4.78, 5) is 14.8. The van der Waals surface area contributed by atoms with E-state index in [0.717, 1.165) is 18.7 Å². The lowest BCUT2D eigenvalue weighted by Crippen LogP contribution is -2.52. The normalized spacial score (nSPS) is 17.4. The monoisotopic (exact) mass is 263 g/mol. The van der Waals surface area contributed by atoms with E-state index in [1.54, 1.807) is 12.1 Å². The molecule has 2 rings (SSSR count). The molecular weight excluding hydrogens is 241 g/mol. The Morgan fingerprint density at radius 2 is 1.74 bits per heavy atom. The SMILES string of the molecule is CC(C)(C(=O)Cc1ccc(F)cc1)N1CCCCC1. The van der Waals surface area contributed by atoms with Gasteiger partial charge in [0.1, 0.15) is 5.82 Å². The predicted molar refractivity (Wildman–Crippen MR) is 74.6 cm³/mol. The minimum Gasteiger partial charge on any atom is -0.297 e. The molecule has 3 heteroatoms. The van der Waals surface area contributed by atoms with Crippen LogP contribution in [0.1, 0.15) is 38.7 Å². The molecule has 104 valence electrons. The molecule has 0 saturated carbocycles. The van der Waals surface area contributed by atoms with E-state index in [1.165, 1.54) is 31.4 Å². The van der Waals surface area contributed by atoms with E-state index >= 15 is 0 Å². The van der Waals surface area contributed by atoms with Crippen LogP contribution in [0.15, 0.2) is 24.3 Å². The van der Waals surface area contributed by atoms with E-state index in [4.69, 9.17) is 0 Å². The van der Waals surface area contributed by atoms with Gasteiger partial charge in [-0.25, -0.2) is 4.39 Å². The Morgan fingerprint density at radius 3 is 2.32 bits per heavy atom. The number of Topliss-reactive ketones (excluding diaryl/α,β-unsaturated/α-hetero) is 1. The number of benzene rings is 1. The van der Waals surface area contributed by atoms with Crippen molar-refractivity contribution >= 4 is 5.78 Å². The third-order valence-electron chi connectivity index (χ3n) is 4.11. The van der Waals surface area contributed by atoms with Gasteiger partial charge in [-0.3, -0.25) is 9.69 Å². The minimum absolute atomic E-state index is 0.209. The molecule has 19 heavy (non-hydrogen) atoms. The van der Waals surface area contributed by atoms with Crippen molar-refractivity contribution in [1.29, 1.82) is 0 Å². The number of halogens is 1. The third kappa shape index (κ3) is 3.41. The van der Waals surface area contributed by atoms with Gasteiger partial charge < -0.3 is 0 Å². The van der Waals surface area contributed by atoms with Gasteiger partial charge in [0.05, 0.1) is 5.54 Å². The summed E-state index contributed by atoms with van der Waals surface area (Å²) < 4.78 is 12.9. The Morgan fingerprint density at radius 1 is 1.16 bits per heavy atom. The first-order valence-electron chi connectivity index (χ1n) is 7.03. The van der Waals surface area contributed by atoms with E-state index in [0.29, 0.717) is 6.42 Å². The highest BCUT2D eigenvalue weighted by Gasteiger charge is 2.34. The first kappa shape index (κ1) is 14.2. The molecule has 1 aromatic carbocycles. The maximum Gasteiger partial charge on any atom is 0.156 e. The van der Waals surface area contributed by atoms with Crippen molar-refractivity contribution in [1.82, 2.24) is 4.90 Å². The molecule has 1 heterocycles. The van der Waals surface area contributed by atoms with Crippen molar-refractivity contribution in [2.45, 2.75) is 45.1 Å². The van der Waals surface area contributed by atoms with Gasteiger partial charge in [0, 0.05) is 6.42 Å². The van der Waals surface area contributed by atoms with Gasteiger partial charge in [0.25, 0.3) is 0 Å². The average Bonchev–Trinajstić information content (AvgIpc) is 2.42. The molecule has 0 aromatic heterocycles. The van der Waals surface area contributed by atoms with Crippen LogP contribution in [0.25, 0.3) is 0 Å². The van der Waals surface area contributed by atoms with Crippen LogP contribution in [0.4, 0.5) is 4.39 Å².